The zero-order chi connectivity index (χ0) is 13.1. The van der Waals surface area contributed by atoms with Crippen molar-refractivity contribution in [2.45, 2.75) is 24.3 Å². The van der Waals surface area contributed by atoms with Gasteiger partial charge in [0, 0.05) is 12.2 Å². The minimum Gasteiger partial charge on any atom is -0.399 e. The Labute approximate surface area is 101 Å². The second kappa shape index (κ2) is 5.35. The molecule has 1 aromatic carbocycles. The predicted octanol–water partition coefficient (Wildman–Crippen LogP) is 0.0990. The summed E-state index contributed by atoms with van der Waals surface area (Å²) < 4.78 is 22.7. The summed E-state index contributed by atoms with van der Waals surface area (Å²) in [5, 5.41) is 17.3. The standard InChI is InChI=1S/C10H17N3O3S/c1-2-8(14)6-13-9-4-3-7(11)5-10(9)17(12,15)16/h3-5,8,13-14H,2,6,11H2,1H3,(H2,12,15,16). The fraction of sp³-hybridized carbons (Fsp3) is 0.400. The molecule has 0 fully saturated rings. The van der Waals surface area contributed by atoms with Crippen LogP contribution in [-0.4, -0.2) is 26.2 Å². The molecule has 0 heterocycles. The number of hydrogen-bond donors (Lipinski definition) is 4. The zero-order valence-electron chi connectivity index (χ0n) is 9.55. The number of hydrogen-bond acceptors (Lipinski definition) is 5. The van der Waals surface area contributed by atoms with Crippen LogP contribution in [-0.2, 0) is 10.0 Å². The van der Waals surface area contributed by atoms with E-state index in [1.807, 2.05) is 6.92 Å². The molecule has 0 spiro atoms. The van der Waals surface area contributed by atoms with Crippen molar-refractivity contribution >= 4 is 21.4 Å². The first-order valence-corrected chi connectivity index (χ1v) is 6.73. The molecule has 1 rings (SSSR count). The van der Waals surface area contributed by atoms with Gasteiger partial charge < -0.3 is 16.2 Å². The smallest absolute Gasteiger partial charge is 0.240 e. The lowest BCUT2D eigenvalue weighted by Gasteiger charge is -2.13. The molecular weight excluding hydrogens is 242 g/mol. The number of rotatable bonds is 5. The summed E-state index contributed by atoms with van der Waals surface area (Å²) in [7, 11) is -3.83. The van der Waals surface area contributed by atoms with E-state index in [1.54, 1.807) is 6.07 Å². The molecule has 0 aromatic heterocycles. The van der Waals surface area contributed by atoms with E-state index in [0.29, 0.717) is 17.8 Å². The molecule has 0 radical (unpaired) electrons. The molecular formula is C10H17N3O3S. The van der Waals surface area contributed by atoms with Crippen molar-refractivity contribution in [3.05, 3.63) is 18.2 Å². The summed E-state index contributed by atoms with van der Waals surface area (Å²) >= 11 is 0. The van der Waals surface area contributed by atoms with Gasteiger partial charge in [-0.1, -0.05) is 6.92 Å². The van der Waals surface area contributed by atoms with Crippen LogP contribution in [0.1, 0.15) is 13.3 Å². The average molecular weight is 259 g/mol. The van der Waals surface area contributed by atoms with Crippen molar-refractivity contribution in [3.8, 4) is 0 Å². The minimum atomic E-state index is -3.83. The van der Waals surface area contributed by atoms with Crippen LogP contribution in [0.15, 0.2) is 23.1 Å². The summed E-state index contributed by atoms with van der Waals surface area (Å²) in [5.41, 5.74) is 6.17. The Morgan fingerprint density at radius 1 is 1.47 bits per heavy atom. The normalized spacial score (nSPS) is 13.4. The van der Waals surface area contributed by atoms with Gasteiger partial charge in [0.05, 0.1) is 11.8 Å². The molecule has 0 saturated carbocycles. The van der Waals surface area contributed by atoms with Crippen LogP contribution in [0, 0.1) is 0 Å². The second-order valence-corrected chi connectivity index (χ2v) is 5.27. The van der Waals surface area contributed by atoms with Crippen LogP contribution < -0.4 is 16.2 Å². The van der Waals surface area contributed by atoms with E-state index in [0.717, 1.165) is 0 Å². The summed E-state index contributed by atoms with van der Waals surface area (Å²) in [5.74, 6) is 0. The minimum absolute atomic E-state index is 0.0687. The van der Waals surface area contributed by atoms with Gasteiger partial charge in [-0.2, -0.15) is 0 Å². The van der Waals surface area contributed by atoms with Gasteiger partial charge in [-0.05, 0) is 24.6 Å². The lowest BCUT2D eigenvalue weighted by atomic mass is 10.2. The van der Waals surface area contributed by atoms with Crippen LogP contribution in [0.25, 0.3) is 0 Å². The van der Waals surface area contributed by atoms with Gasteiger partial charge in [0.2, 0.25) is 10.0 Å². The van der Waals surface area contributed by atoms with E-state index in [-0.39, 0.29) is 11.4 Å². The molecule has 1 aromatic rings. The second-order valence-electron chi connectivity index (χ2n) is 3.74. The largest absolute Gasteiger partial charge is 0.399 e. The van der Waals surface area contributed by atoms with Gasteiger partial charge in [0.25, 0.3) is 0 Å². The number of aliphatic hydroxyl groups excluding tert-OH is 1. The Morgan fingerprint density at radius 3 is 2.65 bits per heavy atom. The highest BCUT2D eigenvalue weighted by atomic mass is 32.2. The van der Waals surface area contributed by atoms with E-state index < -0.39 is 16.1 Å². The molecule has 0 aliphatic heterocycles. The van der Waals surface area contributed by atoms with Crippen molar-refractivity contribution in [1.82, 2.24) is 0 Å². The van der Waals surface area contributed by atoms with E-state index >= 15 is 0 Å². The van der Waals surface area contributed by atoms with Crippen LogP contribution in [0.3, 0.4) is 0 Å². The van der Waals surface area contributed by atoms with Crippen molar-refractivity contribution in [1.29, 1.82) is 0 Å². The first kappa shape index (κ1) is 13.8. The molecule has 6 N–H and O–H groups in total. The lowest BCUT2D eigenvalue weighted by molar-refractivity contribution is 0.183. The fourth-order valence-corrected chi connectivity index (χ4v) is 2.04. The molecule has 0 aliphatic rings. The molecule has 1 unspecified atom stereocenters. The molecule has 17 heavy (non-hydrogen) atoms. The van der Waals surface area contributed by atoms with Crippen molar-refractivity contribution < 1.29 is 13.5 Å². The summed E-state index contributed by atoms with van der Waals surface area (Å²) in [6.45, 7) is 2.08. The highest BCUT2D eigenvalue weighted by Crippen LogP contribution is 2.22. The van der Waals surface area contributed by atoms with Gasteiger partial charge >= 0.3 is 0 Å². The van der Waals surface area contributed by atoms with E-state index in [1.165, 1.54) is 12.1 Å². The number of nitrogens with two attached hydrogens (primary N) is 2. The fourth-order valence-electron chi connectivity index (χ4n) is 1.29. The maximum atomic E-state index is 11.3. The van der Waals surface area contributed by atoms with Crippen molar-refractivity contribution in [2.75, 3.05) is 17.6 Å². The first-order valence-electron chi connectivity index (χ1n) is 5.19. The highest BCUT2D eigenvalue weighted by molar-refractivity contribution is 7.89. The third-order valence-electron chi connectivity index (χ3n) is 2.31. The van der Waals surface area contributed by atoms with Crippen LogP contribution >= 0.6 is 0 Å². The summed E-state index contributed by atoms with van der Waals surface area (Å²) in [6, 6.07) is 4.38. The molecule has 6 nitrogen and oxygen atoms in total. The number of benzene rings is 1. The maximum Gasteiger partial charge on any atom is 0.240 e. The van der Waals surface area contributed by atoms with Crippen LogP contribution in [0.2, 0.25) is 0 Å². The topological polar surface area (TPSA) is 118 Å². The molecule has 0 bridgehead atoms. The number of nitrogen functional groups attached to an aromatic ring is 1. The molecule has 0 saturated heterocycles. The maximum absolute atomic E-state index is 11.3. The average Bonchev–Trinajstić information content (AvgIpc) is 2.25. The Bertz CT molecular complexity index is 488. The van der Waals surface area contributed by atoms with E-state index in [4.69, 9.17) is 10.9 Å². The first-order chi connectivity index (χ1) is 7.84. The lowest BCUT2D eigenvalue weighted by Crippen LogP contribution is -2.21. The predicted molar refractivity (Wildman–Crippen MR) is 67.0 cm³/mol. The monoisotopic (exact) mass is 259 g/mol. The van der Waals surface area contributed by atoms with Gasteiger partial charge in [-0.25, -0.2) is 13.6 Å². The zero-order valence-corrected chi connectivity index (χ0v) is 10.4. The highest BCUT2D eigenvalue weighted by Gasteiger charge is 2.14. The quantitative estimate of drug-likeness (QED) is 0.559. The van der Waals surface area contributed by atoms with Crippen molar-refractivity contribution in [2.24, 2.45) is 5.14 Å². The number of anilines is 2. The summed E-state index contributed by atoms with van der Waals surface area (Å²) in [4.78, 5) is -0.0687. The third kappa shape index (κ3) is 3.88. The molecule has 7 heteroatoms. The van der Waals surface area contributed by atoms with E-state index in [9.17, 15) is 13.5 Å². The molecule has 1 atom stereocenters. The Morgan fingerprint density at radius 2 is 2.12 bits per heavy atom. The summed E-state index contributed by atoms with van der Waals surface area (Å²) in [6.07, 6.45) is 0.0352. The van der Waals surface area contributed by atoms with Gasteiger partial charge in [0.15, 0.2) is 0 Å². The van der Waals surface area contributed by atoms with E-state index in [2.05, 4.69) is 5.32 Å². The van der Waals surface area contributed by atoms with Crippen molar-refractivity contribution in [3.63, 3.8) is 0 Å². The molecule has 0 amide bonds. The third-order valence-corrected chi connectivity index (χ3v) is 3.26. The SMILES string of the molecule is CCC(O)CNc1ccc(N)cc1S(N)(=O)=O. The molecule has 96 valence electrons. The van der Waals surface area contributed by atoms with Crippen LogP contribution in [0.5, 0.6) is 0 Å². The number of sulfonamides is 1. The Kier molecular flexibility index (Phi) is 4.33. The van der Waals surface area contributed by atoms with Gasteiger partial charge in [0.1, 0.15) is 4.90 Å². The van der Waals surface area contributed by atoms with Gasteiger partial charge in [-0.3, -0.25) is 0 Å². The number of nitrogens with one attached hydrogen (secondary N) is 1. The Hall–Kier alpha value is -1.31. The number of primary sulfonamides is 1. The van der Waals surface area contributed by atoms with Gasteiger partial charge in [-0.15, -0.1) is 0 Å². The van der Waals surface area contributed by atoms with Crippen LogP contribution in [0.4, 0.5) is 11.4 Å². The molecule has 0 aliphatic carbocycles. The number of aliphatic hydroxyl groups is 1. The Balaban J connectivity index is 3.00.